The van der Waals surface area contributed by atoms with Gasteiger partial charge in [0.05, 0.1) is 0 Å². The van der Waals surface area contributed by atoms with Gasteiger partial charge in [-0.05, 0) is 106 Å². The van der Waals surface area contributed by atoms with Gasteiger partial charge in [0, 0.05) is 70.5 Å². The number of aromatic nitrogens is 2. The van der Waals surface area contributed by atoms with Gasteiger partial charge in [-0.3, -0.25) is 0 Å². The van der Waals surface area contributed by atoms with Crippen molar-refractivity contribution in [2.75, 3.05) is 0 Å². The van der Waals surface area contributed by atoms with Crippen molar-refractivity contribution in [1.29, 1.82) is 0 Å². The highest BCUT2D eigenvalue weighted by Crippen LogP contribution is 2.54. The molecule has 0 amide bonds. The van der Waals surface area contributed by atoms with E-state index in [2.05, 4.69) is 181 Å². The van der Waals surface area contributed by atoms with Gasteiger partial charge in [0.1, 0.15) is 23.0 Å². The Hall–Kier alpha value is -3.98. The van der Waals surface area contributed by atoms with Crippen LogP contribution >= 0.6 is 18.1 Å². The molecule has 0 fully saturated rings. The van der Waals surface area contributed by atoms with Gasteiger partial charge in [0.2, 0.25) is 0 Å². The van der Waals surface area contributed by atoms with E-state index in [0.29, 0.717) is 0 Å². The van der Waals surface area contributed by atoms with Crippen LogP contribution in [0.4, 0.5) is 0 Å². The maximum atomic E-state index is 7.01. The average Bonchev–Trinajstić information content (AvgIpc) is 3.64. The standard InChI is InChI=1S/C48H62N2O4P2/c1-29-35(45(3,4)5)27-37(47(9,10)11)43(53-55-51-33-17-19-39-31(25-33)21-23-49(39)15)41(29)42-30(2)36(46(6,7)8)28-38(48(12,13)14)44(42)54-56-52-34-18-20-40-32(26-34)22-24-50(40)16/h17-28,55-56H,1-16H3. The first-order chi connectivity index (χ1) is 26.0. The van der Waals surface area contributed by atoms with Gasteiger partial charge in [0.15, 0.2) is 0 Å². The summed E-state index contributed by atoms with van der Waals surface area (Å²) in [5, 5.41) is 2.27. The molecule has 2 aromatic heterocycles. The Labute approximate surface area is 339 Å². The second kappa shape index (κ2) is 15.1. The summed E-state index contributed by atoms with van der Waals surface area (Å²) < 4.78 is 31.1. The molecule has 6 nitrogen and oxygen atoms in total. The Bertz CT molecular complexity index is 2240. The molecule has 56 heavy (non-hydrogen) atoms. The van der Waals surface area contributed by atoms with Crippen molar-refractivity contribution in [3.05, 3.63) is 106 Å². The molecular formula is C48H62N2O4P2. The molecule has 0 saturated heterocycles. The number of hydrogen-bond donors (Lipinski definition) is 0. The Morgan fingerprint density at radius 1 is 0.429 bits per heavy atom. The van der Waals surface area contributed by atoms with Crippen LogP contribution in [0.3, 0.4) is 0 Å². The van der Waals surface area contributed by atoms with E-state index < -0.39 is 0 Å². The van der Waals surface area contributed by atoms with Crippen LogP contribution in [-0.4, -0.2) is 9.13 Å². The van der Waals surface area contributed by atoms with E-state index in [9.17, 15) is 0 Å². The average molecular weight is 793 g/mol. The minimum atomic E-state index is -0.269. The van der Waals surface area contributed by atoms with Crippen LogP contribution in [0.15, 0.2) is 73.1 Å². The molecule has 0 spiro atoms. The van der Waals surface area contributed by atoms with E-state index in [0.717, 1.165) is 67.1 Å². The molecule has 0 aliphatic heterocycles. The van der Waals surface area contributed by atoms with E-state index in [1.54, 1.807) is 0 Å². The number of rotatable bonds is 9. The molecule has 0 aliphatic rings. The second-order valence-corrected chi connectivity index (χ2v) is 20.6. The van der Waals surface area contributed by atoms with Crippen LogP contribution in [0.25, 0.3) is 32.9 Å². The lowest BCUT2D eigenvalue weighted by Gasteiger charge is -2.35. The molecule has 0 aliphatic carbocycles. The third kappa shape index (κ3) is 8.34. The molecule has 0 N–H and O–H groups in total. The molecule has 8 heteroatoms. The highest BCUT2D eigenvalue weighted by atomic mass is 31.1. The number of hydrogen-bond acceptors (Lipinski definition) is 4. The number of fused-ring (bicyclic) bond motifs is 2. The molecule has 0 bridgehead atoms. The van der Waals surface area contributed by atoms with Crippen LogP contribution in [-0.2, 0) is 35.8 Å². The molecule has 4 aromatic carbocycles. The quantitative estimate of drug-likeness (QED) is 0.137. The first kappa shape index (κ1) is 41.6. The van der Waals surface area contributed by atoms with Crippen molar-refractivity contribution in [2.24, 2.45) is 14.1 Å². The van der Waals surface area contributed by atoms with Crippen molar-refractivity contribution in [2.45, 2.75) is 119 Å². The number of nitrogens with zero attached hydrogens (tertiary/aromatic N) is 2. The fourth-order valence-electron chi connectivity index (χ4n) is 7.87. The minimum absolute atomic E-state index is 0.133. The molecule has 0 saturated carbocycles. The lowest BCUT2D eigenvalue weighted by Crippen LogP contribution is -2.22. The Morgan fingerprint density at radius 3 is 1.09 bits per heavy atom. The molecule has 0 radical (unpaired) electrons. The summed E-state index contributed by atoms with van der Waals surface area (Å²) in [5.74, 6) is 3.22. The predicted octanol–water partition coefficient (Wildman–Crippen LogP) is 14.1. The van der Waals surface area contributed by atoms with Crippen molar-refractivity contribution in [3.8, 4) is 34.1 Å². The summed E-state index contributed by atoms with van der Waals surface area (Å²) in [7, 11) is 3.58. The first-order valence-corrected chi connectivity index (χ1v) is 21.2. The summed E-state index contributed by atoms with van der Waals surface area (Å²) in [5.41, 5.74) is 10.9. The van der Waals surface area contributed by atoms with E-state index in [1.807, 2.05) is 12.1 Å². The molecule has 6 aromatic rings. The number of benzene rings is 4. The zero-order chi connectivity index (χ0) is 41.1. The van der Waals surface area contributed by atoms with Crippen molar-refractivity contribution in [3.63, 3.8) is 0 Å². The molecular weight excluding hydrogens is 730 g/mol. The smallest absolute Gasteiger partial charge is 0.275 e. The monoisotopic (exact) mass is 792 g/mol. The normalized spacial score (nSPS) is 13.2. The second-order valence-electron chi connectivity index (χ2n) is 19.5. The van der Waals surface area contributed by atoms with Crippen LogP contribution in [0.5, 0.6) is 23.0 Å². The third-order valence-corrected chi connectivity index (χ3v) is 12.1. The lowest BCUT2D eigenvalue weighted by atomic mass is 9.72. The van der Waals surface area contributed by atoms with Crippen LogP contribution in [0.1, 0.15) is 116 Å². The molecule has 2 atom stereocenters. The molecule has 2 heterocycles. The Morgan fingerprint density at radius 2 is 0.768 bits per heavy atom. The highest BCUT2D eigenvalue weighted by Gasteiger charge is 2.35. The highest BCUT2D eigenvalue weighted by molar-refractivity contribution is 7.27. The summed E-state index contributed by atoms with van der Waals surface area (Å²) in [6.07, 6.45) is 4.14. The maximum absolute atomic E-state index is 7.01. The predicted molar refractivity (Wildman–Crippen MR) is 241 cm³/mol. The fraction of sp³-hybridized carbons (Fsp3) is 0.417. The van der Waals surface area contributed by atoms with Crippen molar-refractivity contribution in [1.82, 2.24) is 9.13 Å². The Balaban J connectivity index is 1.56. The van der Waals surface area contributed by atoms with Gasteiger partial charge in [-0.15, -0.1) is 0 Å². The molecule has 6 rings (SSSR count). The lowest BCUT2D eigenvalue weighted by molar-refractivity contribution is 0.484. The topological polar surface area (TPSA) is 46.8 Å². The zero-order valence-corrected chi connectivity index (χ0v) is 38.5. The van der Waals surface area contributed by atoms with Crippen LogP contribution < -0.4 is 18.1 Å². The fourth-order valence-corrected chi connectivity index (χ4v) is 8.99. The van der Waals surface area contributed by atoms with E-state index in [4.69, 9.17) is 18.1 Å². The van der Waals surface area contributed by atoms with Crippen LogP contribution in [0.2, 0.25) is 0 Å². The maximum Gasteiger partial charge on any atom is 0.275 e. The molecule has 2 unspecified atom stereocenters. The zero-order valence-electron chi connectivity index (χ0n) is 36.5. The van der Waals surface area contributed by atoms with Gasteiger partial charge in [0.25, 0.3) is 18.1 Å². The molecule has 298 valence electrons. The van der Waals surface area contributed by atoms with Gasteiger partial charge in [-0.1, -0.05) is 95.2 Å². The van der Waals surface area contributed by atoms with Gasteiger partial charge >= 0.3 is 0 Å². The Kier molecular flexibility index (Phi) is 11.2. The van der Waals surface area contributed by atoms with Gasteiger partial charge in [-0.25, -0.2) is 0 Å². The summed E-state index contributed by atoms with van der Waals surface area (Å²) in [4.78, 5) is 0. The largest absolute Gasteiger partial charge is 0.441 e. The van der Waals surface area contributed by atoms with E-state index >= 15 is 0 Å². The van der Waals surface area contributed by atoms with Gasteiger partial charge < -0.3 is 27.2 Å². The minimum Gasteiger partial charge on any atom is -0.441 e. The summed E-state index contributed by atoms with van der Waals surface area (Å²) in [6, 6.07) is 21.4. The van der Waals surface area contributed by atoms with Gasteiger partial charge in [-0.2, -0.15) is 0 Å². The van der Waals surface area contributed by atoms with Crippen LogP contribution in [0, 0.1) is 13.8 Å². The van der Waals surface area contributed by atoms with E-state index in [1.165, 1.54) is 22.3 Å². The van der Waals surface area contributed by atoms with Crippen molar-refractivity contribution >= 4 is 39.9 Å². The summed E-state index contributed by atoms with van der Waals surface area (Å²) in [6.45, 7) is 31.9. The summed E-state index contributed by atoms with van der Waals surface area (Å²) >= 11 is 0. The third-order valence-electron chi connectivity index (χ3n) is 10.9. The number of aryl methyl sites for hydroxylation is 2. The van der Waals surface area contributed by atoms with E-state index in [-0.39, 0.29) is 39.7 Å². The SMILES string of the molecule is Cc1c(C(C)(C)C)cc(C(C)(C)C)c(OPOc2ccc3c(ccn3C)c2)c1-c1c(C)c(C(C)(C)C)cc(C(C)(C)C)c1OPOc1ccc2c(ccn2C)c1. The van der Waals surface area contributed by atoms with Crippen molar-refractivity contribution < 1.29 is 18.1 Å². The first-order valence-electron chi connectivity index (χ1n) is 19.6.